The second kappa shape index (κ2) is 5.85. The van der Waals surface area contributed by atoms with Crippen LogP contribution in [-0.2, 0) is 22.6 Å². The van der Waals surface area contributed by atoms with E-state index in [-0.39, 0.29) is 6.42 Å². The molecular formula is C11H15N3O4. The Hall–Kier alpha value is -2.31. The van der Waals surface area contributed by atoms with Crippen LogP contribution in [0.2, 0.25) is 0 Å². The number of aryl methyl sites for hydroxylation is 1. The van der Waals surface area contributed by atoms with Crippen LogP contribution in [0.3, 0.4) is 0 Å². The molecule has 7 nitrogen and oxygen atoms in total. The first-order chi connectivity index (χ1) is 8.45. The molecule has 0 unspecified atom stereocenters. The standard InChI is InChI=1S/C11H15N3O4/c1-3-14-6-12-5-8(14)4-9(11(17)18)13-10(16)7(2)15/h5-6,9,15H,2-4H2,1H3,(H,13,16)(H,17,18)/t9-/m0/s1. The summed E-state index contributed by atoms with van der Waals surface area (Å²) in [6.07, 6.45) is 3.21. The molecule has 0 saturated carbocycles. The third-order valence-corrected chi connectivity index (χ3v) is 2.42. The molecule has 1 heterocycles. The van der Waals surface area contributed by atoms with E-state index < -0.39 is 23.7 Å². The third kappa shape index (κ3) is 3.34. The highest BCUT2D eigenvalue weighted by atomic mass is 16.4. The van der Waals surface area contributed by atoms with E-state index >= 15 is 0 Å². The van der Waals surface area contributed by atoms with Crippen molar-refractivity contribution in [3.63, 3.8) is 0 Å². The van der Waals surface area contributed by atoms with Crippen LogP contribution in [0.25, 0.3) is 0 Å². The normalized spacial score (nSPS) is 11.8. The van der Waals surface area contributed by atoms with Gasteiger partial charge in [0, 0.05) is 24.9 Å². The van der Waals surface area contributed by atoms with Gasteiger partial charge < -0.3 is 20.1 Å². The molecule has 1 rings (SSSR count). The summed E-state index contributed by atoms with van der Waals surface area (Å²) >= 11 is 0. The third-order valence-electron chi connectivity index (χ3n) is 2.42. The van der Waals surface area contributed by atoms with Crippen molar-refractivity contribution >= 4 is 11.9 Å². The molecule has 1 atom stereocenters. The van der Waals surface area contributed by atoms with Gasteiger partial charge in [0.05, 0.1) is 6.33 Å². The van der Waals surface area contributed by atoms with Gasteiger partial charge in [-0.2, -0.15) is 0 Å². The zero-order chi connectivity index (χ0) is 13.7. The fourth-order valence-electron chi connectivity index (χ4n) is 1.45. The summed E-state index contributed by atoms with van der Waals surface area (Å²) in [5.74, 6) is -2.80. The summed E-state index contributed by atoms with van der Waals surface area (Å²) in [5, 5.41) is 20.0. The van der Waals surface area contributed by atoms with Crippen molar-refractivity contribution in [2.24, 2.45) is 0 Å². The Balaban J connectivity index is 2.78. The zero-order valence-electron chi connectivity index (χ0n) is 9.96. The second-order valence-electron chi connectivity index (χ2n) is 3.69. The average molecular weight is 253 g/mol. The number of hydrogen-bond acceptors (Lipinski definition) is 4. The maximum atomic E-state index is 11.2. The fraction of sp³-hybridized carbons (Fsp3) is 0.364. The van der Waals surface area contributed by atoms with Gasteiger partial charge in [-0.1, -0.05) is 6.58 Å². The Bertz CT molecular complexity index is 467. The first-order valence-electron chi connectivity index (χ1n) is 5.36. The predicted molar refractivity (Wildman–Crippen MR) is 62.9 cm³/mol. The van der Waals surface area contributed by atoms with Crippen LogP contribution in [0.1, 0.15) is 12.6 Å². The van der Waals surface area contributed by atoms with Crippen molar-refractivity contribution in [1.29, 1.82) is 0 Å². The quantitative estimate of drug-likeness (QED) is 0.492. The van der Waals surface area contributed by atoms with E-state index in [9.17, 15) is 9.59 Å². The van der Waals surface area contributed by atoms with Gasteiger partial charge in [-0.05, 0) is 6.92 Å². The number of aliphatic hydroxyl groups is 1. The Morgan fingerprint density at radius 3 is 2.72 bits per heavy atom. The van der Waals surface area contributed by atoms with Crippen molar-refractivity contribution in [2.75, 3.05) is 0 Å². The monoisotopic (exact) mass is 253 g/mol. The van der Waals surface area contributed by atoms with E-state index in [0.29, 0.717) is 12.2 Å². The van der Waals surface area contributed by atoms with E-state index in [0.717, 1.165) is 0 Å². The van der Waals surface area contributed by atoms with E-state index in [1.165, 1.54) is 0 Å². The molecule has 7 heteroatoms. The lowest BCUT2D eigenvalue weighted by molar-refractivity contribution is -0.141. The summed E-state index contributed by atoms with van der Waals surface area (Å²) in [4.78, 5) is 26.1. The predicted octanol–water partition coefficient (Wildman–Crippen LogP) is 0.0866. The molecule has 98 valence electrons. The van der Waals surface area contributed by atoms with Crippen molar-refractivity contribution < 1.29 is 19.8 Å². The molecular weight excluding hydrogens is 238 g/mol. The van der Waals surface area contributed by atoms with Gasteiger partial charge in [0.15, 0.2) is 5.76 Å². The highest BCUT2D eigenvalue weighted by Crippen LogP contribution is 2.04. The van der Waals surface area contributed by atoms with Crippen LogP contribution in [-0.4, -0.2) is 37.7 Å². The number of aromatic nitrogens is 2. The molecule has 0 aliphatic rings. The minimum absolute atomic E-state index is 0.0855. The van der Waals surface area contributed by atoms with Gasteiger partial charge in [0.25, 0.3) is 5.91 Å². The Kier molecular flexibility index (Phi) is 4.47. The van der Waals surface area contributed by atoms with Crippen molar-refractivity contribution in [1.82, 2.24) is 14.9 Å². The summed E-state index contributed by atoms with van der Waals surface area (Å²) in [6, 6.07) is -1.14. The number of aliphatic carboxylic acids is 1. The molecule has 0 aliphatic carbocycles. The Morgan fingerprint density at radius 1 is 1.56 bits per heavy atom. The van der Waals surface area contributed by atoms with Crippen LogP contribution in [0.5, 0.6) is 0 Å². The number of aliphatic hydroxyl groups excluding tert-OH is 1. The molecule has 0 aromatic carbocycles. The summed E-state index contributed by atoms with van der Waals surface area (Å²) in [7, 11) is 0. The number of imidazole rings is 1. The molecule has 1 amide bonds. The number of nitrogens with one attached hydrogen (secondary N) is 1. The highest BCUT2D eigenvalue weighted by molar-refractivity contribution is 5.93. The van der Waals surface area contributed by atoms with Gasteiger partial charge in [-0.3, -0.25) is 4.79 Å². The number of amides is 1. The number of rotatable bonds is 6. The average Bonchev–Trinajstić information content (AvgIpc) is 2.74. The van der Waals surface area contributed by atoms with Crippen LogP contribution >= 0.6 is 0 Å². The second-order valence-corrected chi connectivity index (χ2v) is 3.69. The van der Waals surface area contributed by atoms with E-state index in [4.69, 9.17) is 10.2 Å². The molecule has 3 N–H and O–H groups in total. The van der Waals surface area contributed by atoms with Crippen LogP contribution in [0.15, 0.2) is 24.9 Å². The topological polar surface area (TPSA) is 104 Å². The van der Waals surface area contributed by atoms with Gasteiger partial charge in [-0.25, -0.2) is 9.78 Å². The van der Waals surface area contributed by atoms with Crippen LogP contribution in [0.4, 0.5) is 0 Å². The molecule has 0 saturated heterocycles. The summed E-state index contributed by atoms with van der Waals surface area (Å²) < 4.78 is 1.77. The lowest BCUT2D eigenvalue weighted by Crippen LogP contribution is -2.43. The summed E-state index contributed by atoms with van der Waals surface area (Å²) in [6.45, 7) is 5.58. The largest absolute Gasteiger partial charge is 0.503 e. The molecule has 18 heavy (non-hydrogen) atoms. The molecule has 0 bridgehead atoms. The smallest absolute Gasteiger partial charge is 0.326 e. The number of carbonyl (C=O) groups is 2. The van der Waals surface area contributed by atoms with Gasteiger partial charge in [0.1, 0.15) is 6.04 Å². The van der Waals surface area contributed by atoms with E-state index in [1.54, 1.807) is 17.1 Å². The van der Waals surface area contributed by atoms with Crippen LogP contribution < -0.4 is 5.32 Å². The first kappa shape index (κ1) is 13.8. The lowest BCUT2D eigenvalue weighted by atomic mass is 10.1. The zero-order valence-corrected chi connectivity index (χ0v) is 9.96. The first-order valence-corrected chi connectivity index (χ1v) is 5.36. The maximum Gasteiger partial charge on any atom is 0.326 e. The lowest BCUT2D eigenvalue weighted by Gasteiger charge is -2.14. The van der Waals surface area contributed by atoms with E-state index in [1.807, 2.05) is 6.92 Å². The SMILES string of the molecule is C=C(O)C(=O)N[C@@H](Cc1cncn1CC)C(=O)O. The summed E-state index contributed by atoms with van der Waals surface area (Å²) in [5.41, 5.74) is 0.689. The Morgan fingerprint density at radius 2 is 2.22 bits per heavy atom. The highest BCUT2D eigenvalue weighted by Gasteiger charge is 2.22. The van der Waals surface area contributed by atoms with Crippen molar-refractivity contribution in [3.8, 4) is 0 Å². The van der Waals surface area contributed by atoms with Crippen molar-refractivity contribution in [3.05, 3.63) is 30.6 Å². The van der Waals surface area contributed by atoms with Crippen molar-refractivity contribution in [2.45, 2.75) is 25.9 Å². The maximum absolute atomic E-state index is 11.2. The van der Waals surface area contributed by atoms with Gasteiger partial charge in [0.2, 0.25) is 0 Å². The molecule has 1 aromatic rings. The number of carboxylic acid groups (broad SMARTS) is 1. The fourth-order valence-corrected chi connectivity index (χ4v) is 1.45. The van der Waals surface area contributed by atoms with Gasteiger partial charge >= 0.3 is 5.97 Å². The molecule has 0 aliphatic heterocycles. The molecule has 0 spiro atoms. The molecule has 0 radical (unpaired) electrons. The number of carbonyl (C=O) groups excluding carboxylic acids is 1. The van der Waals surface area contributed by atoms with Gasteiger partial charge in [-0.15, -0.1) is 0 Å². The van der Waals surface area contributed by atoms with E-state index in [2.05, 4.69) is 16.9 Å². The number of hydrogen-bond donors (Lipinski definition) is 3. The minimum atomic E-state index is -1.19. The van der Waals surface area contributed by atoms with Crippen LogP contribution in [0, 0.1) is 0 Å². The molecule has 0 fully saturated rings. The number of nitrogens with zero attached hydrogens (tertiary/aromatic N) is 2. The minimum Gasteiger partial charge on any atom is -0.503 e. The molecule has 1 aromatic heterocycles. The number of carboxylic acids is 1. The Labute approximate surface area is 104 Å².